The number of ether oxygens (including phenoxy) is 1. The molecule has 0 saturated heterocycles. The number of pyridine rings is 1. The SMILES string of the molecule is Cc1ccccc1Cn1c(-c2ccc(Oc3ccc(C(C)(C)C)cc3C)cc2)cc(C(F)(F)F)c(C#N)c1=O. The summed E-state index contributed by atoms with van der Waals surface area (Å²) in [6.07, 6.45) is -4.86. The van der Waals surface area contributed by atoms with Gasteiger partial charge in [0, 0.05) is 0 Å². The van der Waals surface area contributed by atoms with Gasteiger partial charge in [0.1, 0.15) is 23.1 Å². The molecule has 0 spiro atoms. The van der Waals surface area contributed by atoms with Crippen LogP contribution in [0.25, 0.3) is 11.3 Å². The number of nitriles is 1. The summed E-state index contributed by atoms with van der Waals surface area (Å²) >= 11 is 0. The third-order valence-corrected chi connectivity index (χ3v) is 6.73. The van der Waals surface area contributed by atoms with Crippen molar-refractivity contribution < 1.29 is 17.9 Å². The van der Waals surface area contributed by atoms with E-state index in [9.17, 15) is 23.2 Å². The second-order valence-electron chi connectivity index (χ2n) is 10.6. The minimum absolute atomic E-state index is 0.00458. The van der Waals surface area contributed by atoms with Crippen molar-refractivity contribution in [3.05, 3.63) is 117 Å². The zero-order valence-corrected chi connectivity index (χ0v) is 22.5. The van der Waals surface area contributed by atoms with Gasteiger partial charge in [-0.1, -0.05) is 57.2 Å². The predicted octanol–water partition coefficient (Wildman–Crippen LogP) is 8.16. The zero-order valence-electron chi connectivity index (χ0n) is 22.5. The lowest BCUT2D eigenvalue weighted by Gasteiger charge is -2.21. The lowest BCUT2D eigenvalue weighted by Crippen LogP contribution is -2.28. The molecule has 200 valence electrons. The number of hydrogen-bond donors (Lipinski definition) is 0. The molecule has 0 aliphatic heterocycles. The van der Waals surface area contributed by atoms with Crippen molar-refractivity contribution in [1.29, 1.82) is 5.26 Å². The number of rotatable bonds is 5. The molecule has 0 atom stereocenters. The second kappa shape index (κ2) is 10.5. The van der Waals surface area contributed by atoms with Crippen molar-refractivity contribution in [3.8, 4) is 28.8 Å². The van der Waals surface area contributed by atoms with Crippen molar-refractivity contribution in [2.75, 3.05) is 0 Å². The summed E-state index contributed by atoms with van der Waals surface area (Å²) in [4.78, 5) is 13.2. The summed E-state index contributed by atoms with van der Waals surface area (Å²) in [5.74, 6) is 1.17. The first-order valence-electron chi connectivity index (χ1n) is 12.5. The number of halogens is 3. The zero-order chi connectivity index (χ0) is 28.5. The van der Waals surface area contributed by atoms with Crippen molar-refractivity contribution in [3.63, 3.8) is 0 Å². The molecule has 0 fully saturated rings. The minimum Gasteiger partial charge on any atom is -0.457 e. The number of hydrogen-bond acceptors (Lipinski definition) is 3. The van der Waals surface area contributed by atoms with Crippen LogP contribution in [0.5, 0.6) is 11.5 Å². The number of alkyl halides is 3. The van der Waals surface area contributed by atoms with E-state index in [1.54, 1.807) is 36.4 Å². The van der Waals surface area contributed by atoms with E-state index in [4.69, 9.17) is 4.74 Å². The molecule has 0 unspecified atom stereocenters. The molecule has 1 heterocycles. The lowest BCUT2D eigenvalue weighted by atomic mass is 9.86. The molecule has 0 radical (unpaired) electrons. The normalized spacial score (nSPS) is 11.8. The fourth-order valence-corrected chi connectivity index (χ4v) is 4.38. The standard InChI is InChI=1S/C32H29F3N2O2/c1-20-8-6-7-9-23(20)19-37-28(17-27(32(33,34)35)26(18-36)30(37)38)22-10-13-25(14-11-22)39-29-15-12-24(16-21(29)2)31(3,4)5/h6-17H,19H2,1-5H3. The van der Waals surface area contributed by atoms with E-state index in [2.05, 4.69) is 26.8 Å². The molecule has 4 aromatic rings. The van der Waals surface area contributed by atoms with Crippen LogP contribution >= 0.6 is 0 Å². The maximum Gasteiger partial charge on any atom is 0.417 e. The Morgan fingerprint density at radius 3 is 2.13 bits per heavy atom. The quantitative estimate of drug-likeness (QED) is 0.262. The minimum atomic E-state index is -4.86. The Hall–Kier alpha value is -4.31. The van der Waals surface area contributed by atoms with Gasteiger partial charge in [0.25, 0.3) is 5.56 Å². The molecule has 4 nitrogen and oxygen atoms in total. The van der Waals surface area contributed by atoms with Gasteiger partial charge in [-0.15, -0.1) is 0 Å². The first-order valence-corrected chi connectivity index (χ1v) is 12.5. The van der Waals surface area contributed by atoms with E-state index in [0.717, 1.165) is 22.8 Å². The number of benzene rings is 3. The maximum atomic E-state index is 13.9. The van der Waals surface area contributed by atoms with E-state index < -0.39 is 22.9 Å². The van der Waals surface area contributed by atoms with Crippen LogP contribution in [0, 0.1) is 25.2 Å². The van der Waals surface area contributed by atoms with E-state index >= 15 is 0 Å². The number of nitrogens with zero attached hydrogens (tertiary/aromatic N) is 2. The highest BCUT2D eigenvalue weighted by Crippen LogP contribution is 2.35. The molecule has 0 bridgehead atoms. The Kier molecular flexibility index (Phi) is 7.43. The Morgan fingerprint density at radius 1 is 0.897 bits per heavy atom. The Labute approximate surface area is 225 Å². The Morgan fingerprint density at radius 2 is 1.56 bits per heavy atom. The van der Waals surface area contributed by atoms with Crippen LogP contribution in [0.2, 0.25) is 0 Å². The summed E-state index contributed by atoms with van der Waals surface area (Å²) in [5, 5.41) is 9.45. The average molecular weight is 531 g/mol. The van der Waals surface area contributed by atoms with E-state index in [-0.39, 0.29) is 17.7 Å². The Balaban J connectivity index is 1.77. The average Bonchev–Trinajstić information content (AvgIpc) is 2.86. The molecule has 0 aliphatic rings. The highest BCUT2D eigenvalue weighted by molar-refractivity contribution is 5.64. The Bertz CT molecular complexity index is 1620. The van der Waals surface area contributed by atoms with E-state index in [1.807, 2.05) is 38.1 Å². The third kappa shape index (κ3) is 5.91. The second-order valence-corrected chi connectivity index (χ2v) is 10.6. The third-order valence-electron chi connectivity index (χ3n) is 6.73. The highest BCUT2D eigenvalue weighted by Gasteiger charge is 2.36. The van der Waals surface area contributed by atoms with Gasteiger partial charge in [0.05, 0.1) is 17.8 Å². The molecule has 0 saturated carbocycles. The van der Waals surface area contributed by atoms with Crippen molar-refractivity contribution in [1.82, 2.24) is 4.57 Å². The smallest absolute Gasteiger partial charge is 0.417 e. The predicted molar refractivity (Wildman–Crippen MR) is 146 cm³/mol. The van der Waals surface area contributed by atoms with Crippen LogP contribution in [-0.2, 0) is 18.1 Å². The molecule has 4 rings (SSSR count). The molecule has 1 aromatic heterocycles. The molecule has 3 aromatic carbocycles. The summed E-state index contributed by atoms with van der Waals surface area (Å²) < 4.78 is 48.9. The van der Waals surface area contributed by atoms with Gasteiger partial charge in [0.2, 0.25) is 0 Å². The topological polar surface area (TPSA) is 55.0 Å². The number of aromatic nitrogens is 1. The van der Waals surface area contributed by atoms with Crippen molar-refractivity contribution >= 4 is 0 Å². The highest BCUT2D eigenvalue weighted by atomic mass is 19.4. The van der Waals surface area contributed by atoms with Gasteiger partial charge in [-0.2, -0.15) is 18.4 Å². The lowest BCUT2D eigenvalue weighted by molar-refractivity contribution is -0.137. The monoisotopic (exact) mass is 530 g/mol. The van der Waals surface area contributed by atoms with Gasteiger partial charge < -0.3 is 9.30 Å². The van der Waals surface area contributed by atoms with Crippen LogP contribution in [0.4, 0.5) is 13.2 Å². The fourth-order valence-electron chi connectivity index (χ4n) is 4.38. The van der Waals surface area contributed by atoms with Gasteiger partial charge >= 0.3 is 6.18 Å². The van der Waals surface area contributed by atoms with E-state index in [1.165, 1.54) is 16.2 Å². The molecule has 39 heavy (non-hydrogen) atoms. The van der Waals surface area contributed by atoms with Crippen LogP contribution < -0.4 is 10.3 Å². The molecule has 0 N–H and O–H groups in total. The largest absolute Gasteiger partial charge is 0.457 e. The summed E-state index contributed by atoms with van der Waals surface area (Å²) in [5.41, 5.74) is 1.07. The first kappa shape index (κ1) is 27.7. The first-order chi connectivity index (χ1) is 18.3. The summed E-state index contributed by atoms with van der Waals surface area (Å²) in [6, 6.07) is 22.2. The van der Waals surface area contributed by atoms with Crippen LogP contribution in [-0.4, -0.2) is 4.57 Å². The van der Waals surface area contributed by atoms with Crippen molar-refractivity contribution in [2.45, 2.75) is 52.8 Å². The van der Waals surface area contributed by atoms with Gasteiger partial charge in [0.15, 0.2) is 0 Å². The maximum absolute atomic E-state index is 13.9. The van der Waals surface area contributed by atoms with Crippen LogP contribution in [0.15, 0.2) is 77.6 Å². The molecular formula is C32H29F3N2O2. The van der Waals surface area contributed by atoms with Gasteiger partial charge in [-0.3, -0.25) is 4.79 Å². The molecule has 7 heteroatoms. The molecule has 0 aliphatic carbocycles. The van der Waals surface area contributed by atoms with Crippen LogP contribution in [0.1, 0.15) is 54.2 Å². The van der Waals surface area contributed by atoms with E-state index in [0.29, 0.717) is 17.1 Å². The summed E-state index contributed by atoms with van der Waals surface area (Å²) in [7, 11) is 0. The van der Waals surface area contributed by atoms with Gasteiger partial charge in [-0.05, 0) is 83.5 Å². The fraction of sp³-hybridized carbons (Fsp3) is 0.250. The summed E-state index contributed by atoms with van der Waals surface area (Å²) in [6.45, 7) is 10.2. The molecular weight excluding hydrogens is 501 g/mol. The van der Waals surface area contributed by atoms with Gasteiger partial charge in [-0.25, -0.2) is 0 Å². The molecule has 0 amide bonds. The number of aryl methyl sites for hydroxylation is 2. The van der Waals surface area contributed by atoms with Crippen LogP contribution in [0.3, 0.4) is 0 Å². The van der Waals surface area contributed by atoms with Crippen molar-refractivity contribution in [2.24, 2.45) is 0 Å².